The van der Waals surface area contributed by atoms with Crippen molar-refractivity contribution >= 4 is 11.9 Å². The summed E-state index contributed by atoms with van der Waals surface area (Å²) in [5, 5.41) is 26.0. The maximum Gasteiger partial charge on any atom is 1.00 e. The van der Waals surface area contributed by atoms with Gasteiger partial charge in [0.05, 0.1) is 5.56 Å². The van der Waals surface area contributed by atoms with Crippen molar-refractivity contribution in [2.24, 2.45) is 0 Å². The zero-order valence-electron chi connectivity index (χ0n) is 8.39. The predicted molar refractivity (Wildman–Crippen MR) is 43.1 cm³/mol. The van der Waals surface area contributed by atoms with E-state index in [2.05, 4.69) is 0 Å². The molecule has 0 amide bonds. The fourth-order valence-electron chi connectivity index (χ4n) is 0.840. The summed E-state index contributed by atoms with van der Waals surface area (Å²) in [4.78, 5) is 20.9. The Morgan fingerprint density at radius 1 is 1.14 bits per heavy atom. The van der Waals surface area contributed by atoms with Crippen molar-refractivity contribution in [3.63, 3.8) is 0 Å². The molecule has 0 aromatic heterocycles. The van der Waals surface area contributed by atoms with Gasteiger partial charge in [-0.1, -0.05) is 0 Å². The smallest absolute Gasteiger partial charge is 1.00 e. The van der Waals surface area contributed by atoms with Crippen molar-refractivity contribution in [3.8, 4) is 5.75 Å². The summed E-state index contributed by atoms with van der Waals surface area (Å²) in [7, 11) is 0. The summed E-state index contributed by atoms with van der Waals surface area (Å²) in [6.45, 7) is 0. The van der Waals surface area contributed by atoms with Crippen LogP contribution in [0.3, 0.4) is 0 Å². The zero-order valence-corrected chi connectivity index (χ0v) is 9.39. The predicted octanol–water partition coefficient (Wildman–Crippen LogP) is -2.09. The number of aromatic carboxylic acids is 2. The van der Waals surface area contributed by atoms with Crippen LogP contribution < -0.4 is 29.6 Å². The van der Waals surface area contributed by atoms with Crippen LogP contribution in [-0.4, -0.2) is 27.3 Å². The van der Waals surface area contributed by atoms with E-state index in [4.69, 9.17) is 15.3 Å². The first kappa shape index (κ1) is 13.0. The van der Waals surface area contributed by atoms with Crippen LogP contribution in [-0.2, 0) is 0 Å². The maximum absolute atomic E-state index is 10.4. The van der Waals surface area contributed by atoms with Crippen molar-refractivity contribution in [1.29, 1.82) is 0 Å². The summed E-state index contributed by atoms with van der Waals surface area (Å²) in [5.74, 6) is -3.04. The van der Waals surface area contributed by atoms with Gasteiger partial charge in [-0.2, -0.15) is 0 Å². The molecule has 0 unspecified atom stereocenters. The Morgan fingerprint density at radius 3 is 2.14 bits per heavy atom. The third-order valence-electron chi connectivity index (χ3n) is 1.47. The molecule has 6 heteroatoms. The van der Waals surface area contributed by atoms with Crippen molar-refractivity contribution < 1.29 is 55.9 Å². The Kier molecular flexibility index (Phi) is 4.62. The zero-order chi connectivity index (χ0) is 10.0. The molecule has 14 heavy (non-hydrogen) atoms. The summed E-state index contributed by atoms with van der Waals surface area (Å²) in [5.41, 5.74) is -0.588. The molecule has 1 aromatic rings. The molecule has 0 aliphatic rings. The Labute approximate surface area is 103 Å². The Morgan fingerprint density at radius 2 is 1.71 bits per heavy atom. The van der Waals surface area contributed by atoms with E-state index in [0.717, 1.165) is 18.2 Å². The van der Waals surface area contributed by atoms with Gasteiger partial charge in [-0.3, -0.25) is 0 Å². The molecule has 0 radical (unpaired) electrons. The van der Waals surface area contributed by atoms with Crippen LogP contribution in [0.1, 0.15) is 22.1 Å². The number of aromatic hydroxyl groups is 1. The van der Waals surface area contributed by atoms with Gasteiger partial charge in [0.1, 0.15) is 11.3 Å². The van der Waals surface area contributed by atoms with E-state index in [9.17, 15) is 9.59 Å². The third kappa shape index (κ3) is 2.73. The minimum absolute atomic E-state index is 0. The molecule has 0 atom stereocenters. The van der Waals surface area contributed by atoms with Crippen LogP contribution in [0.2, 0.25) is 0 Å². The van der Waals surface area contributed by atoms with Gasteiger partial charge < -0.3 is 16.7 Å². The molecule has 3 N–H and O–H groups in total. The summed E-state index contributed by atoms with van der Waals surface area (Å²) >= 11 is 0. The first-order valence-corrected chi connectivity index (χ1v) is 3.32. The van der Waals surface area contributed by atoms with Crippen LogP contribution >= 0.6 is 0 Å². The topological polar surface area (TPSA) is 94.8 Å². The minimum atomic E-state index is -1.36. The van der Waals surface area contributed by atoms with E-state index in [-0.39, 0.29) is 36.5 Å². The number of benzene rings is 1. The van der Waals surface area contributed by atoms with Gasteiger partial charge >= 0.3 is 41.5 Å². The van der Waals surface area contributed by atoms with Gasteiger partial charge in [0.25, 0.3) is 0 Å². The van der Waals surface area contributed by atoms with Gasteiger partial charge in [0.2, 0.25) is 0 Å². The molecule has 0 saturated heterocycles. The van der Waals surface area contributed by atoms with Crippen molar-refractivity contribution in [1.82, 2.24) is 0 Å². The SMILES string of the molecule is O=C(O)c1ccc(O)c(C(=O)O)c1.[H-].[Na+]. The molecule has 0 saturated carbocycles. The molecule has 0 spiro atoms. The van der Waals surface area contributed by atoms with Crippen LogP contribution in [0.5, 0.6) is 5.75 Å². The quantitative estimate of drug-likeness (QED) is 0.482. The second-order valence-corrected chi connectivity index (χ2v) is 2.34. The van der Waals surface area contributed by atoms with Crippen LogP contribution in [0.4, 0.5) is 0 Å². The van der Waals surface area contributed by atoms with Gasteiger partial charge in [0.15, 0.2) is 0 Å². The number of carbonyl (C=O) groups is 2. The summed E-state index contributed by atoms with van der Waals surface area (Å²) < 4.78 is 0. The fourth-order valence-corrected chi connectivity index (χ4v) is 0.840. The largest absolute Gasteiger partial charge is 1.00 e. The van der Waals surface area contributed by atoms with Crippen LogP contribution in [0.15, 0.2) is 18.2 Å². The second-order valence-electron chi connectivity index (χ2n) is 2.34. The molecule has 0 aliphatic heterocycles. The monoisotopic (exact) mass is 206 g/mol. The molecule has 70 valence electrons. The summed E-state index contributed by atoms with van der Waals surface area (Å²) in [6, 6.07) is 3.07. The average Bonchev–Trinajstić information content (AvgIpc) is 2.04. The molecule has 0 bridgehead atoms. The van der Waals surface area contributed by atoms with E-state index < -0.39 is 23.3 Å². The minimum Gasteiger partial charge on any atom is -1.00 e. The summed E-state index contributed by atoms with van der Waals surface area (Å²) in [6.07, 6.45) is 0. The molecule has 0 aliphatic carbocycles. The van der Waals surface area contributed by atoms with E-state index in [1.54, 1.807) is 0 Å². The Hall–Kier alpha value is -1.04. The Bertz CT molecular complexity index is 379. The Balaban J connectivity index is 0. The van der Waals surface area contributed by atoms with Gasteiger partial charge in [-0.25, -0.2) is 9.59 Å². The number of hydrogen-bond acceptors (Lipinski definition) is 3. The van der Waals surface area contributed by atoms with Crippen LogP contribution in [0.25, 0.3) is 0 Å². The molecular formula is C8H7NaO5. The van der Waals surface area contributed by atoms with E-state index in [1.165, 1.54) is 0 Å². The van der Waals surface area contributed by atoms with Crippen molar-refractivity contribution in [2.45, 2.75) is 0 Å². The van der Waals surface area contributed by atoms with Crippen molar-refractivity contribution in [3.05, 3.63) is 29.3 Å². The van der Waals surface area contributed by atoms with E-state index >= 15 is 0 Å². The molecular weight excluding hydrogens is 199 g/mol. The molecule has 1 aromatic carbocycles. The molecule has 0 fully saturated rings. The molecule has 1 rings (SSSR count). The molecule has 5 nitrogen and oxygen atoms in total. The van der Waals surface area contributed by atoms with Gasteiger partial charge in [0, 0.05) is 0 Å². The third-order valence-corrected chi connectivity index (χ3v) is 1.47. The van der Waals surface area contributed by atoms with E-state index in [0.29, 0.717) is 0 Å². The van der Waals surface area contributed by atoms with Crippen LogP contribution in [0, 0.1) is 0 Å². The first-order chi connectivity index (χ1) is 6.02. The van der Waals surface area contributed by atoms with Gasteiger partial charge in [-0.05, 0) is 18.2 Å². The number of carboxylic acids is 2. The average molecular weight is 206 g/mol. The maximum atomic E-state index is 10.4. The van der Waals surface area contributed by atoms with E-state index in [1.807, 2.05) is 0 Å². The first-order valence-electron chi connectivity index (χ1n) is 3.32. The van der Waals surface area contributed by atoms with Crippen molar-refractivity contribution in [2.75, 3.05) is 0 Å². The normalized spacial score (nSPS) is 8.86. The number of phenols is 1. The number of carboxylic acid groups (broad SMARTS) is 2. The van der Waals surface area contributed by atoms with Gasteiger partial charge in [-0.15, -0.1) is 0 Å². The number of rotatable bonds is 2. The molecule has 0 heterocycles. The standard InChI is InChI=1S/C8H6O5.Na.H/c9-6-2-1-4(7(10)11)3-5(6)8(12)13;;/h1-3,9H,(H,10,11)(H,12,13);;/q;+1;-1. The fraction of sp³-hybridized carbons (Fsp3) is 0. The second kappa shape index (κ2) is 4.99. The number of hydrogen-bond donors (Lipinski definition) is 3.